The Kier molecular flexibility index (Phi) is 7.11. The van der Waals surface area contributed by atoms with E-state index in [2.05, 4.69) is 0 Å². The minimum Gasteiger partial charge on any atom is -0.463 e. The minimum atomic E-state index is -1.68. The number of carbonyl (C=O) groups excluding carboxylic acids is 4. The van der Waals surface area contributed by atoms with E-state index in [4.69, 9.17) is 23.7 Å². The molecule has 1 heterocycles. The minimum absolute atomic E-state index is 0.366. The van der Waals surface area contributed by atoms with Gasteiger partial charge in [-0.05, 0) is 0 Å². The van der Waals surface area contributed by atoms with Crippen molar-refractivity contribution in [3.63, 3.8) is 0 Å². The SMILES string of the molecule is CC(=O)OC[C@H]1O[C@@H](O)[C@@H](OC(C)=O)[C@@H](OC(C)=O)[C@H]1OC(C)=O. The first kappa shape index (κ1) is 19.8. The first-order valence-corrected chi connectivity index (χ1v) is 7.10. The van der Waals surface area contributed by atoms with E-state index in [0.29, 0.717) is 0 Å². The third-order valence-electron chi connectivity index (χ3n) is 2.97. The summed E-state index contributed by atoms with van der Waals surface area (Å²) in [6, 6.07) is 0. The molecule has 0 saturated carbocycles. The molecule has 5 atom stereocenters. The molecule has 1 fully saturated rings. The lowest BCUT2D eigenvalue weighted by molar-refractivity contribution is -0.296. The Labute approximate surface area is 137 Å². The van der Waals surface area contributed by atoms with Crippen molar-refractivity contribution in [3.8, 4) is 0 Å². The molecule has 1 rings (SSSR count). The number of ether oxygens (including phenoxy) is 5. The number of esters is 4. The molecule has 10 nitrogen and oxygen atoms in total. The van der Waals surface area contributed by atoms with Crippen LogP contribution in [-0.2, 0) is 42.9 Å². The molecule has 0 radical (unpaired) electrons. The topological polar surface area (TPSA) is 135 Å². The number of carbonyl (C=O) groups is 4. The first-order chi connectivity index (χ1) is 11.1. The zero-order valence-corrected chi connectivity index (χ0v) is 13.7. The van der Waals surface area contributed by atoms with Gasteiger partial charge in [-0.15, -0.1) is 0 Å². The van der Waals surface area contributed by atoms with E-state index in [1.54, 1.807) is 0 Å². The summed E-state index contributed by atoms with van der Waals surface area (Å²) < 4.78 is 25.0. The fourth-order valence-corrected chi connectivity index (χ4v) is 2.21. The van der Waals surface area contributed by atoms with E-state index in [0.717, 1.165) is 27.7 Å². The van der Waals surface area contributed by atoms with Gasteiger partial charge < -0.3 is 28.8 Å². The maximum absolute atomic E-state index is 11.3. The lowest BCUT2D eigenvalue weighted by Gasteiger charge is -2.42. The average Bonchev–Trinajstić information content (AvgIpc) is 2.42. The van der Waals surface area contributed by atoms with Gasteiger partial charge in [0, 0.05) is 27.7 Å². The highest BCUT2D eigenvalue weighted by molar-refractivity contribution is 5.68. The van der Waals surface area contributed by atoms with Crippen LogP contribution in [-0.4, -0.2) is 66.3 Å². The summed E-state index contributed by atoms with van der Waals surface area (Å²) in [6.07, 6.45) is -6.79. The van der Waals surface area contributed by atoms with Gasteiger partial charge in [-0.3, -0.25) is 19.2 Å². The molecule has 136 valence electrons. The monoisotopic (exact) mass is 348 g/mol. The van der Waals surface area contributed by atoms with Crippen molar-refractivity contribution in [1.82, 2.24) is 0 Å². The van der Waals surface area contributed by atoms with Gasteiger partial charge in [0.25, 0.3) is 0 Å². The van der Waals surface area contributed by atoms with Crippen molar-refractivity contribution in [2.75, 3.05) is 6.61 Å². The fraction of sp³-hybridized carbons (Fsp3) is 0.714. The molecule has 0 aromatic carbocycles. The molecule has 0 aliphatic carbocycles. The second-order valence-electron chi connectivity index (χ2n) is 5.09. The average molecular weight is 348 g/mol. The third kappa shape index (κ3) is 5.78. The van der Waals surface area contributed by atoms with Gasteiger partial charge >= 0.3 is 23.9 Å². The van der Waals surface area contributed by atoms with Crippen molar-refractivity contribution < 1.29 is 48.0 Å². The summed E-state index contributed by atoms with van der Waals surface area (Å²) in [6.45, 7) is 4.09. The van der Waals surface area contributed by atoms with E-state index in [9.17, 15) is 24.3 Å². The van der Waals surface area contributed by atoms with Gasteiger partial charge in [-0.1, -0.05) is 0 Å². The number of aliphatic hydroxyl groups is 1. The molecular weight excluding hydrogens is 328 g/mol. The van der Waals surface area contributed by atoms with Crippen LogP contribution in [0.4, 0.5) is 0 Å². The molecule has 24 heavy (non-hydrogen) atoms. The Morgan fingerprint density at radius 1 is 0.792 bits per heavy atom. The van der Waals surface area contributed by atoms with E-state index in [1.807, 2.05) is 0 Å². The molecule has 1 N–H and O–H groups in total. The Bertz CT molecular complexity index is 502. The van der Waals surface area contributed by atoms with Gasteiger partial charge in [-0.25, -0.2) is 0 Å². The Balaban J connectivity index is 3.11. The zero-order chi connectivity index (χ0) is 18.4. The molecule has 0 unspecified atom stereocenters. The van der Waals surface area contributed by atoms with Crippen LogP contribution in [0.1, 0.15) is 27.7 Å². The molecular formula is C14H20O10. The van der Waals surface area contributed by atoms with Crippen LogP contribution in [0.25, 0.3) is 0 Å². The molecule has 1 saturated heterocycles. The van der Waals surface area contributed by atoms with Crippen LogP contribution >= 0.6 is 0 Å². The molecule has 0 aromatic heterocycles. The largest absolute Gasteiger partial charge is 0.463 e. The van der Waals surface area contributed by atoms with Crippen molar-refractivity contribution in [2.24, 2.45) is 0 Å². The summed E-state index contributed by atoms with van der Waals surface area (Å²) in [5, 5.41) is 10.0. The van der Waals surface area contributed by atoms with Crippen molar-refractivity contribution in [2.45, 2.75) is 58.4 Å². The second kappa shape index (κ2) is 8.60. The summed E-state index contributed by atoms with van der Waals surface area (Å²) >= 11 is 0. The standard InChI is InChI=1S/C14H20O10/c1-6(15)20-5-10-11(21-7(2)16)12(22-8(3)17)13(14(19)24-10)23-9(4)18/h10-14,19H,5H2,1-4H3/t10-,11+,12+,13+,14-/m1/s1. The predicted octanol–water partition coefficient (Wildman–Crippen LogP) is -0.938. The molecule has 0 amide bonds. The van der Waals surface area contributed by atoms with Gasteiger partial charge in [0.15, 0.2) is 24.6 Å². The van der Waals surface area contributed by atoms with Crippen molar-refractivity contribution in [3.05, 3.63) is 0 Å². The molecule has 1 aliphatic heterocycles. The Morgan fingerprint density at radius 3 is 1.71 bits per heavy atom. The molecule has 1 aliphatic rings. The summed E-state index contributed by atoms with van der Waals surface area (Å²) in [7, 11) is 0. The van der Waals surface area contributed by atoms with Crippen LogP contribution < -0.4 is 0 Å². The molecule has 0 spiro atoms. The van der Waals surface area contributed by atoms with Crippen LogP contribution in [0.5, 0.6) is 0 Å². The van der Waals surface area contributed by atoms with Crippen LogP contribution in [0, 0.1) is 0 Å². The van der Waals surface area contributed by atoms with Gasteiger partial charge in [0.05, 0.1) is 0 Å². The van der Waals surface area contributed by atoms with E-state index in [-0.39, 0.29) is 6.61 Å². The van der Waals surface area contributed by atoms with E-state index in [1.165, 1.54) is 0 Å². The maximum Gasteiger partial charge on any atom is 0.303 e. The quantitative estimate of drug-likeness (QED) is 0.490. The van der Waals surface area contributed by atoms with Gasteiger partial charge in [0.1, 0.15) is 12.7 Å². The highest BCUT2D eigenvalue weighted by Crippen LogP contribution is 2.28. The number of aliphatic hydroxyl groups excluding tert-OH is 1. The Hall–Kier alpha value is -2.20. The summed E-state index contributed by atoms with van der Waals surface area (Å²) in [4.78, 5) is 44.9. The number of hydrogen-bond acceptors (Lipinski definition) is 10. The number of hydrogen-bond donors (Lipinski definition) is 1. The summed E-state index contributed by atoms with van der Waals surface area (Å²) in [5.41, 5.74) is 0. The molecule has 0 bridgehead atoms. The van der Waals surface area contributed by atoms with Crippen LogP contribution in [0.15, 0.2) is 0 Å². The maximum atomic E-state index is 11.3. The van der Waals surface area contributed by atoms with E-state index >= 15 is 0 Å². The fourth-order valence-electron chi connectivity index (χ4n) is 2.21. The summed E-state index contributed by atoms with van der Waals surface area (Å²) in [5.74, 6) is -2.87. The smallest absolute Gasteiger partial charge is 0.303 e. The van der Waals surface area contributed by atoms with Crippen molar-refractivity contribution in [1.29, 1.82) is 0 Å². The Morgan fingerprint density at radius 2 is 1.25 bits per heavy atom. The number of rotatable bonds is 5. The van der Waals surface area contributed by atoms with Gasteiger partial charge in [0.2, 0.25) is 0 Å². The normalized spacial score (nSPS) is 29.3. The first-order valence-electron chi connectivity index (χ1n) is 7.10. The van der Waals surface area contributed by atoms with Crippen LogP contribution in [0.2, 0.25) is 0 Å². The zero-order valence-electron chi connectivity index (χ0n) is 13.7. The lowest BCUT2D eigenvalue weighted by Crippen LogP contribution is -2.62. The van der Waals surface area contributed by atoms with Crippen molar-refractivity contribution >= 4 is 23.9 Å². The highest BCUT2D eigenvalue weighted by Gasteiger charge is 2.51. The van der Waals surface area contributed by atoms with Gasteiger partial charge in [-0.2, -0.15) is 0 Å². The lowest BCUT2D eigenvalue weighted by atomic mass is 9.98. The predicted molar refractivity (Wildman–Crippen MR) is 74.2 cm³/mol. The molecule has 10 heteroatoms. The third-order valence-corrected chi connectivity index (χ3v) is 2.97. The van der Waals surface area contributed by atoms with Crippen LogP contribution in [0.3, 0.4) is 0 Å². The highest BCUT2D eigenvalue weighted by atomic mass is 16.7. The van der Waals surface area contributed by atoms with E-state index < -0.39 is 54.6 Å². The molecule has 0 aromatic rings. The second-order valence-corrected chi connectivity index (χ2v) is 5.09.